The SMILES string of the molecule is Cc1cc2c(N3CCN(Cc4cnc(N)s4)CC3)ncnc2s1. The number of aryl methyl sites for hydroxylation is 1. The first kappa shape index (κ1) is 14.8. The number of hydrogen-bond acceptors (Lipinski definition) is 8. The second kappa shape index (κ2) is 6.03. The van der Waals surface area contributed by atoms with Crippen molar-refractivity contribution in [2.45, 2.75) is 13.5 Å². The molecule has 2 N–H and O–H groups in total. The first-order valence-electron chi connectivity index (χ1n) is 7.57. The third-order valence-corrected chi connectivity index (χ3v) is 5.82. The molecule has 6 nitrogen and oxygen atoms in total. The van der Waals surface area contributed by atoms with Gasteiger partial charge in [0.1, 0.15) is 17.0 Å². The number of nitrogens with two attached hydrogens (primary N) is 1. The molecule has 0 aromatic carbocycles. The summed E-state index contributed by atoms with van der Waals surface area (Å²) in [6.07, 6.45) is 3.56. The van der Waals surface area contributed by atoms with Crippen molar-refractivity contribution in [3.8, 4) is 0 Å². The van der Waals surface area contributed by atoms with Crippen molar-refractivity contribution in [1.29, 1.82) is 0 Å². The second-order valence-electron chi connectivity index (χ2n) is 5.70. The third kappa shape index (κ3) is 3.01. The first-order chi connectivity index (χ1) is 11.2. The van der Waals surface area contributed by atoms with E-state index < -0.39 is 0 Å². The van der Waals surface area contributed by atoms with E-state index in [2.05, 4.69) is 37.7 Å². The average Bonchev–Trinajstić information content (AvgIpc) is 3.12. The lowest BCUT2D eigenvalue weighted by Crippen LogP contribution is -2.46. The van der Waals surface area contributed by atoms with Crippen molar-refractivity contribution in [3.05, 3.63) is 28.3 Å². The van der Waals surface area contributed by atoms with Crippen LogP contribution in [0.4, 0.5) is 10.9 Å². The summed E-state index contributed by atoms with van der Waals surface area (Å²) in [5, 5.41) is 1.83. The van der Waals surface area contributed by atoms with Crippen LogP contribution in [-0.2, 0) is 6.54 Å². The molecule has 23 heavy (non-hydrogen) atoms. The lowest BCUT2D eigenvalue weighted by Gasteiger charge is -2.35. The number of aromatic nitrogens is 3. The van der Waals surface area contributed by atoms with E-state index in [-0.39, 0.29) is 0 Å². The van der Waals surface area contributed by atoms with Gasteiger partial charge in [-0.1, -0.05) is 0 Å². The highest BCUT2D eigenvalue weighted by atomic mass is 32.1. The van der Waals surface area contributed by atoms with Gasteiger partial charge >= 0.3 is 0 Å². The summed E-state index contributed by atoms with van der Waals surface area (Å²) in [5.41, 5.74) is 5.70. The van der Waals surface area contributed by atoms with Crippen molar-refractivity contribution in [1.82, 2.24) is 19.9 Å². The number of piperazine rings is 1. The average molecular weight is 346 g/mol. The molecule has 4 rings (SSSR count). The maximum atomic E-state index is 5.70. The Morgan fingerprint density at radius 3 is 2.70 bits per heavy atom. The molecule has 1 aliphatic heterocycles. The molecule has 3 aromatic rings. The van der Waals surface area contributed by atoms with Crippen LogP contribution in [0.3, 0.4) is 0 Å². The van der Waals surface area contributed by atoms with Crippen LogP contribution in [0.2, 0.25) is 0 Å². The Morgan fingerprint density at radius 2 is 1.96 bits per heavy atom. The molecule has 0 spiro atoms. The lowest BCUT2D eigenvalue weighted by molar-refractivity contribution is 0.251. The van der Waals surface area contributed by atoms with Crippen molar-refractivity contribution >= 4 is 43.8 Å². The van der Waals surface area contributed by atoms with E-state index in [1.165, 1.54) is 15.1 Å². The molecule has 3 aromatic heterocycles. The number of nitrogen functional groups attached to an aromatic ring is 1. The molecule has 120 valence electrons. The monoisotopic (exact) mass is 346 g/mol. The predicted molar refractivity (Wildman–Crippen MR) is 96.2 cm³/mol. The Balaban J connectivity index is 1.46. The first-order valence-corrected chi connectivity index (χ1v) is 9.21. The summed E-state index contributed by atoms with van der Waals surface area (Å²) >= 11 is 3.30. The Morgan fingerprint density at radius 1 is 1.13 bits per heavy atom. The smallest absolute Gasteiger partial charge is 0.180 e. The van der Waals surface area contributed by atoms with E-state index in [9.17, 15) is 0 Å². The topological polar surface area (TPSA) is 71.2 Å². The highest BCUT2D eigenvalue weighted by Crippen LogP contribution is 2.30. The largest absolute Gasteiger partial charge is 0.375 e. The minimum atomic E-state index is 0.648. The molecule has 1 fully saturated rings. The van der Waals surface area contributed by atoms with E-state index in [1.807, 2.05) is 6.20 Å². The Labute approximate surface area is 142 Å². The summed E-state index contributed by atoms with van der Waals surface area (Å²) in [5.74, 6) is 1.07. The van der Waals surface area contributed by atoms with Gasteiger partial charge < -0.3 is 10.6 Å². The standard InChI is InChI=1S/C15H18N6S2/c1-10-6-12-13(18-9-19-14(12)22-10)21-4-2-20(3-5-21)8-11-7-17-15(16)23-11/h6-7,9H,2-5,8H2,1H3,(H2,16,17). The molecule has 0 unspecified atom stereocenters. The fourth-order valence-electron chi connectivity index (χ4n) is 2.95. The van der Waals surface area contributed by atoms with Gasteiger partial charge in [-0.2, -0.15) is 0 Å². The van der Waals surface area contributed by atoms with Gasteiger partial charge in [0.2, 0.25) is 0 Å². The highest BCUT2D eigenvalue weighted by molar-refractivity contribution is 7.18. The second-order valence-corrected chi connectivity index (χ2v) is 8.08. The summed E-state index contributed by atoms with van der Waals surface area (Å²) < 4.78 is 0. The van der Waals surface area contributed by atoms with Gasteiger partial charge in [0, 0.05) is 48.7 Å². The molecule has 0 radical (unpaired) electrons. The molecule has 8 heteroatoms. The van der Waals surface area contributed by atoms with Crippen LogP contribution < -0.4 is 10.6 Å². The molecular weight excluding hydrogens is 328 g/mol. The zero-order valence-corrected chi connectivity index (χ0v) is 14.5. The van der Waals surface area contributed by atoms with Crippen molar-refractivity contribution in [3.63, 3.8) is 0 Å². The van der Waals surface area contributed by atoms with Gasteiger partial charge in [-0.15, -0.1) is 22.7 Å². The minimum Gasteiger partial charge on any atom is -0.375 e. The van der Waals surface area contributed by atoms with Crippen LogP contribution in [0, 0.1) is 6.92 Å². The van der Waals surface area contributed by atoms with Crippen LogP contribution in [-0.4, -0.2) is 46.0 Å². The van der Waals surface area contributed by atoms with Crippen molar-refractivity contribution in [2.75, 3.05) is 36.8 Å². The summed E-state index contributed by atoms with van der Waals surface area (Å²) in [7, 11) is 0. The molecule has 0 amide bonds. The quantitative estimate of drug-likeness (QED) is 0.785. The fourth-order valence-corrected chi connectivity index (χ4v) is 4.52. The Bertz CT molecular complexity index is 818. The highest BCUT2D eigenvalue weighted by Gasteiger charge is 2.21. The number of rotatable bonds is 3. The van der Waals surface area contributed by atoms with Crippen LogP contribution in [0.15, 0.2) is 18.6 Å². The minimum absolute atomic E-state index is 0.648. The molecule has 0 bridgehead atoms. The van der Waals surface area contributed by atoms with E-state index in [0.29, 0.717) is 5.13 Å². The molecule has 1 aliphatic rings. The van der Waals surface area contributed by atoms with Gasteiger partial charge in [-0.05, 0) is 13.0 Å². The van der Waals surface area contributed by atoms with Crippen LogP contribution in [0.25, 0.3) is 10.2 Å². The Kier molecular flexibility index (Phi) is 3.88. The lowest BCUT2D eigenvalue weighted by atomic mass is 10.2. The number of thiophene rings is 1. The van der Waals surface area contributed by atoms with E-state index in [1.54, 1.807) is 29.0 Å². The summed E-state index contributed by atoms with van der Waals surface area (Å²) in [6, 6.07) is 2.20. The number of fused-ring (bicyclic) bond motifs is 1. The molecule has 4 heterocycles. The third-order valence-electron chi connectivity index (χ3n) is 4.05. The number of nitrogens with zero attached hydrogens (tertiary/aromatic N) is 5. The van der Waals surface area contributed by atoms with Gasteiger partial charge in [-0.3, -0.25) is 4.90 Å². The fraction of sp³-hybridized carbons (Fsp3) is 0.400. The van der Waals surface area contributed by atoms with Gasteiger partial charge in [0.05, 0.1) is 5.39 Å². The normalized spacial score (nSPS) is 16.3. The van der Waals surface area contributed by atoms with Crippen LogP contribution >= 0.6 is 22.7 Å². The van der Waals surface area contributed by atoms with Gasteiger partial charge in [-0.25, -0.2) is 15.0 Å². The van der Waals surface area contributed by atoms with Crippen molar-refractivity contribution in [2.24, 2.45) is 0 Å². The molecule has 0 aliphatic carbocycles. The summed E-state index contributed by atoms with van der Waals surface area (Å²) in [6.45, 7) is 7.05. The van der Waals surface area contributed by atoms with Gasteiger partial charge in [0.25, 0.3) is 0 Å². The Hall–Kier alpha value is -1.77. The molecule has 1 saturated heterocycles. The van der Waals surface area contributed by atoms with Crippen molar-refractivity contribution < 1.29 is 0 Å². The number of thiazole rings is 1. The zero-order chi connectivity index (χ0) is 15.8. The van der Waals surface area contributed by atoms with E-state index >= 15 is 0 Å². The molecule has 0 atom stereocenters. The number of hydrogen-bond donors (Lipinski definition) is 1. The summed E-state index contributed by atoms with van der Waals surface area (Å²) in [4.78, 5) is 21.4. The predicted octanol–water partition coefficient (Wildman–Crippen LogP) is 2.36. The number of anilines is 2. The van der Waals surface area contributed by atoms with Gasteiger partial charge in [0.15, 0.2) is 5.13 Å². The maximum Gasteiger partial charge on any atom is 0.180 e. The molecule has 0 saturated carbocycles. The molecular formula is C15H18N6S2. The maximum absolute atomic E-state index is 5.70. The van der Waals surface area contributed by atoms with E-state index in [0.717, 1.165) is 43.4 Å². The zero-order valence-electron chi connectivity index (χ0n) is 12.9. The van der Waals surface area contributed by atoms with Crippen LogP contribution in [0.1, 0.15) is 9.75 Å². The van der Waals surface area contributed by atoms with E-state index in [4.69, 9.17) is 5.73 Å². The van der Waals surface area contributed by atoms with Crippen LogP contribution in [0.5, 0.6) is 0 Å².